The third-order valence-electron chi connectivity index (χ3n) is 8.45. The first-order valence-corrected chi connectivity index (χ1v) is 22.0. The van der Waals surface area contributed by atoms with E-state index in [9.17, 15) is 14.4 Å². The largest absolute Gasteiger partial charge is 0.444 e. The second kappa shape index (κ2) is 31.0. The summed E-state index contributed by atoms with van der Waals surface area (Å²) in [5.41, 5.74) is 7.64. The fourth-order valence-corrected chi connectivity index (χ4v) is 6.24. The van der Waals surface area contributed by atoms with Crippen molar-refractivity contribution in [3.05, 3.63) is 99.5 Å². The summed E-state index contributed by atoms with van der Waals surface area (Å²) < 4.78 is 10.6. The molecule has 0 aliphatic carbocycles. The number of nitrogens with zero attached hydrogens (tertiary/aromatic N) is 3. The van der Waals surface area contributed by atoms with E-state index in [0.717, 1.165) is 28.7 Å². The van der Waals surface area contributed by atoms with Crippen LogP contribution in [0.2, 0.25) is 0 Å². The van der Waals surface area contributed by atoms with Crippen LogP contribution in [0.1, 0.15) is 83.0 Å². The van der Waals surface area contributed by atoms with E-state index in [1.54, 1.807) is 23.3 Å². The fraction of sp³-hybridized carbons (Fsp3) is 0.535. The highest BCUT2D eigenvalue weighted by Gasteiger charge is 2.25. The molecule has 0 spiro atoms. The van der Waals surface area contributed by atoms with E-state index in [-0.39, 0.29) is 30.6 Å². The number of aryl methyl sites for hydroxylation is 1. The summed E-state index contributed by atoms with van der Waals surface area (Å²) in [6.07, 6.45) is 4.52. The minimum Gasteiger partial charge on any atom is -0.444 e. The molecule has 0 bridgehead atoms. The number of carbonyl (C=O) groups excluding carboxylic acids is 3. The summed E-state index contributed by atoms with van der Waals surface area (Å²) in [6.45, 7) is 18.1. The Hall–Kier alpha value is -4.11. The number of thiazole rings is 1. The maximum Gasteiger partial charge on any atom is 0.407 e. The third kappa shape index (κ3) is 23.7. The fourth-order valence-electron chi connectivity index (χ4n) is 5.10. The Labute approximate surface area is 350 Å². The second-order valence-corrected chi connectivity index (χ2v) is 15.5. The van der Waals surface area contributed by atoms with Crippen molar-refractivity contribution in [2.75, 3.05) is 52.8 Å². The predicted octanol–water partition coefficient (Wildman–Crippen LogP) is 7.77. The van der Waals surface area contributed by atoms with Gasteiger partial charge in [0.05, 0.1) is 30.5 Å². The number of amides is 4. The van der Waals surface area contributed by atoms with Crippen LogP contribution in [0.25, 0.3) is 0 Å². The molecule has 4 amide bonds. The molecular weight excluding hydrogens is 759 g/mol. The van der Waals surface area contributed by atoms with Crippen LogP contribution in [0.5, 0.6) is 0 Å². The van der Waals surface area contributed by atoms with Gasteiger partial charge in [0.2, 0.25) is 5.91 Å². The minimum atomic E-state index is -0.696. The normalized spacial score (nSPS) is 14.1. The van der Waals surface area contributed by atoms with Gasteiger partial charge >= 0.3 is 12.1 Å². The van der Waals surface area contributed by atoms with Crippen molar-refractivity contribution >= 4 is 41.1 Å². The molecule has 3 aromatic rings. The summed E-state index contributed by atoms with van der Waals surface area (Å²) in [5.74, 6) is 0.101. The number of hydrogen-bond acceptors (Lipinski definition) is 10. The van der Waals surface area contributed by atoms with E-state index in [2.05, 4.69) is 58.7 Å². The van der Waals surface area contributed by atoms with Crippen LogP contribution in [0.15, 0.2) is 83.2 Å². The SMILES string of the molecule is CC.CS/C(=C\N)COC(=O)N[C@@H](C)CC[C@H](C)NC(=O)C(CCN1CCOCC1)NC(=O)N(C)Cc1csc(C(C)C)n1.Cc1ccccc1.c1ccccc1. The Morgan fingerprint density at radius 1 is 0.930 bits per heavy atom. The van der Waals surface area contributed by atoms with Gasteiger partial charge in [-0.2, -0.15) is 0 Å². The van der Waals surface area contributed by atoms with Crippen molar-refractivity contribution < 1.29 is 23.9 Å². The molecular formula is C43H69N7O5S2. The second-order valence-electron chi connectivity index (χ2n) is 13.7. The molecule has 1 unspecified atom stereocenters. The summed E-state index contributed by atoms with van der Waals surface area (Å²) in [4.78, 5) is 47.7. The van der Waals surface area contributed by atoms with Gasteiger partial charge in [-0.3, -0.25) is 9.69 Å². The number of ether oxygens (including phenoxy) is 2. The number of carbonyl (C=O) groups is 3. The predicted molar refractivity (Wildman–Crippen MR) is 237 cm³/mol. The molecule has 14 heteroatoms. The number of aromatic nitrogens is 1. The molecule has 0 radical (unpaired) electrons. The minimum absolute atomic E-state index is 0.123. The molecule has 4 rings (SSSR count). The first-order valence-electron chi connectivity index (χ1n) is 19.9. The van der Waals surface area contributed by atoms with Crippen molar-refractivity contribution in [2.24, 2.45) is 5.73 Å². The van der Waals surface area contributed by atoms with E-state index in [1.807, 2.05) is 93.9 Å². The van der Waals surface area contributed by atoms with E-state index < -0.39 is 12.1 Å². The summed E-state index contributed by atoms with van der Waals surface area (Å²) in [5, 5.41) is 11.8. The standard InChI is InChI=1S/C28H49N7O5S2.C7H8.C6H6.C2H6/c1-19(2)26-32-22(18-42-26)16-34(5)27(37)33-24(9-10-35-11-13-39-14-12-35)25(36)30-20(3)7-8-21(4)31-28(38)40-17-23(15-29)41-6;1-7-5-3-2-4-6-7;1-2-4-6-5-3-1;1-2/h15,18-21,24H,7-14,16-17,29H2,1-6H3,(H,30,36)(H,31,38)(H,33,37);2-6H,1H3;1-6H;1-2H3/b23-15-;;;/t20-,21-,24?;;;/m0.../s1. The molecule has 318 valence electrons. The van der Waals surface area contributed by atoms with Crippen LogP contribution >= 0.6 is 23.1 Å². The lowest BCUT2D eigenvalue weighted by molar-refractivity contribution is -0.124. The van der Waals surface area contributed by atoms with E-state index in [1.165, 1.54) is 23.5 Å². The lowest BCUT2D eigenvalue weighted by Gasteiger charge is -2.29. The van der Waals surface area contributed by atoms with Gasteiger partial charge in [-0.15, -0.1) is 23.1 Å². The van der Waals surface area contributed by atoms with E-state index in [0.29, 0.717) is 51.5 Å². The number of thioether (sulfide) groups is 1. The third-order valence-corrected chi connectivity index (χ3v) is 10.4. The van der Waals surface area contributed by atoms with Crippen LogP contribution in [-0.4, -0.2) is 104 Å². The van der Waals surface area contributed by atoms with Crippen molar-refractivity contribution in [3.63, 3.8) is 0 Å². The number of benzene rings is 2. The topological polar surface area (TPSA) is 151 Å². The summed E-state index contributed by atoms with van der Waals surface area (Å²) in [6, 6.07) is 20.9. The molecule has 57 heavy (non-hydrogen) atoms. The number of nitrogens with one attached hydrogen (secondary N) is 3. The van der Waals surface area contributed by atoms with E-state index >= 15 is 0 Å². The molecule has 1 aliphatic heterocycles. The van der Waals surface area contributed by atoms with Gasteiger partial charge in [-0.1, -0.05) is 100.0 Å². The van der Waals surface area contributed by atoms with Crippen LogP contribution < -0.4 is 21.7 Å². The molecule has 1 aromatic heterocycles. The van der Waals surface area contributed by atoms with Crippen LogP contribution in [0.3, 0.4) is 0 Å². The Bertz CT molecular complexity index is 1500. The van der Waals surface area contributed by atoms with E-state index in [4.69, 9.17) is 15.2 Å². The number of hydrogen-bond donors (Lipinski definition) is 4. The quantitative estimate of drug-likeness (QED) is 0.114. The average molecular weight is 828 g/mol. The molecule has 1 fully saturated rings. The van der Waals surface area contributed by atoms with Gasteiger partial charge in [0.25, 0.3) is 0 Å². The summed E-state index contributed by atoms with van der Waals surface area (Å²) >= 11 is 3.01. The maximum atomic E-state index is 13.3. The molecule has 3 atom stereocenters. The number of morpholine rings is 1. The molecule has 5 N–H and O–H groups in total. The van der Waals surface area contributed by atoms with Crippen molar-refractivity contribution in [1.82, 2.24) is 30.7 Å². The number of rotatable bonds is 16. The molecule has 2 aromatic carbocycles. The molecule has 1 aliphatic rings. The van der Waals surface area contributed by atoms with Gasteiger partial charge in [-0.25, -0.2) is 14.6 Å². The van der Waals surface area contributed by atoms with Gasteiger partial charge in [-0.05, 0) is 46.3 Å². The lowest BCUT2D eigenvalue weighted by atomic mass is 10.1. The lowest BCUT2D eigenvalue weighted by Crippen LogP contribution is -2.53. The van der Waals surface area contributed by atoms with Crippen molar-refractivity contribution in [2.45, 2.75) is 98.3 Å². The average Bonchev–Trinajstić information content (AvgIpc) is 3.70. The zero-order valence-corrected chi connectivity index (χ0v) is 37.3. The molecule has 12 nitrogen and oxygen atoms in total. The smallest absolute Gasteiger partial charge is 0.407 e. The first-order chi connectivity index (χ1) is 27.4. The molecule has 0 saturated carbocycles. The highest BCUT2D eigenvalue weighted by atomic mass is 32.2. The number of nitrogens with two attached hydrogens (primary N) is 1. The highest BCUT2D eigenvalue weighted by molar-refractivity contribution is 8.02. The Kier molecular flexibility index (Phi) is 27.6. The maximum absolute atomic E-state index is 13.3. The Balaban J connectivity index is 0.000000896. The van der Waals surface area contributed by atoms with Gasteiger partial charge in [0, 0.05) is 61.2 Å². The number of alkyl carbamates (subject to hydrolysis) is 1. The molecule has 1 saturated heterocycles. The van der Waals surface area contributed by atoms with Crippen LogP contribution in [-0.2, 0) is 20.8 Å². The zero-order valence-electron chi connectivity index (χ0n) is 35.7. The van der Waals surface area contributed by atoms with Crippen molar-refractivity contribution in [3.8, 4) is 0 Å². The molecule has 2 heterocycles. The number of urea groups is 1. The van der Waals surface area contributed by atoms with Crippen LogP contribution in [0.4, 0.5) is 9.59 Å². The van der Waals surface area contributed by atoms with Crippen molar-refractivity contribution in [1.29, 1.82) is 0 Å². The highest BCUT2D eigenvalue weighted by Crippen LogP contribution is 2.20. The first kappa shape index (κ1) is 50.9. The van der Waals surface area contributed by atoms with Gasteiger partial charge < -0.3 is 36.1 Å². The zero-order chi connectivity index (χ0) is 42.4. The Morgan fingerprint density at radius 3 is 1.98 bits per heavy atom. The van der Waals surface area contributed by atoms with Gasteiger partial charge in [0.1, 0.15) is 12.6 Å². The Morgan fingerprint density at radius 2 is 1.49 bits per heavy atom. The summed E-state index contributed by atoms with van der Waals surface area (Å²) in [7, 11) is 1.71. The van der Waals surface area contributed by atoms with Gasteiger partial charge in [0.15, 0.2) is 0 Å². The monoisotopic (exact) mass is 827 g/mol. The van der Waals surface area contributed by atoms with Crippen LogP contribution in [0, 0.1) is 6.92 Å².